The molecule has 5 heteroatoms. The van der Waals surface area contributed by atoms with Crippen LogP contribution in [0.25, 0.3) is 0 Å². The molecule has 0 saturated carbocycles. The van der Waals surface area contributed by atoms with E-state index in [1.807, 2.05) is 6.07 Å². The van der Waals surface area contributed by atoms with Crippen LogP contribution in [0.1, 0.15) is 34.3 Å². The molecule has 0 spiro atoms. The van der Waals surface area contributed by atoms with Crippen LogP contribution < -0.4 is 10.6 Å². The number of amides is 1. The van der Waals surface area contributed by atoms with Gasteiger partial charge < -0.3 is 10.6 Å². The van der Waals surface area contributed by atoms with E-state index >= 15 is 0 Å². The van der Waals surface area contributed by atoms with Gasteiger partial charge in [-0.1, -0.05) is 24.6 Å². The zero-order valence-electron chi connectivity index (χ0n) is 10.1. The molecular formula is C13H16Cl2N2O. The number of hydrogen-bond acceptors (Lipinski definition) is 2. The number of nitrogens with one attached hydrogen (secondary N) is 2. The van der Waals surface area contributed by atoms with E-state index in [1.54, 1.807) is 0 Å². The van der Waals surface area contributed by atoms with Gasteiger partial charge in [0.1, 0.15) is 0 Å². The summed E-state index contributed by atoms with van der Waals surface area (Å²) in [6.07, 6.45) is 0.944. The van der Waals surface area contributed by atoms with Crippen LogP contribution in [0.4, 0.5) is 0 Å². The van der Waals surface area contributed by atoms with Crippen molar-refractivity contribution in [2.45, 2.75) is 25.3 Å². The Bertz CT molecular complexity index is 490. The number of benzene rings is 1. The summed E-state index contributed by atoms with van der Waals surface area (Å²) >= 11 is 6.23. The van der Waals surface area contributed by atoms with E-state index in [4.69, 9.17) is 11.6 Å². The smallest absolute Gasteiger partial charge is 0.253 e. The molecule has 2 N–H and O–H groups in total. The first kappa shape index (κ1) is 13.7. The Morgan fingerprint density at radius 3 is 2.89 bits per heavy atom. The number of carbonyl (C=O) groups is 1. The van der Waals surface area contributed by atoms with Crippen LogP contribution in [0.15, 0.2) is 12.1 Å². The monoisotopic (exact) mass is 286 g/mol. The number of halogens is 2. The molecule has 3 rings (SSSR count). The first-order chi connectivity index (χ1) is 8.20. The van der Waals surface area contributed by atoms with Crippen LogP contribution in [-0.2, 0) is 6.42 Å². The van der Waals surface area contributed by atoms with Crippen LogP contribution in [-0.4, -0.2) is 25.0 Å². The maximum absolute atomic E-state index is 12.0. The minimum Gasteiger partial charge on any atom is -0.347 e. The first-order valence-corrected chi connectivity index (χ1v) is 6.42. The van der Waals surface area contributed by atoms with Gasteiger partial charge in [0.25, 0.3) is 5.91 Å². The molecule has 1 saturated heterocycles. The average Bonchev–Trinajstić information content (AvgIpc) is 2.76. The second-order valence-corrected chi connectivity index (χ2v) is 5.15. The molecule has 3 nitrogen and oxygen atoms in total. The van der Waals surface area contributed by atoms with Gasteiger partial charge in [-0.3, -0.25) is 4.79 Å². The predicted octanol–water partition coefficient (Wildman–Crippen LogP) is 2.12. The molecule has 2 heterocycles. The van der Waals surface area contributed by atoms with E-state index in [1.165, 1.54) is 5.56 Å². The summed E-state index contributed by atoms with van der Waals surface area (Å²) in [5, 5.41) is 6.94. The van der Waals surface area contributed by atoms with Gasteiger partial charge in [-0.05, 0) is 23.6 Å². The molecule has 2 aliphatic rings. The number of aryl methyl sites for hydroxylation is 1. The van der Waals surface area contributed by atoms with Gasteiger partial charge in [0.2, 0.25) is 0 Å². The van der Waals surface area contributed by atoms with Gasteiger partial charge in [-0.25, -0.2) is 0 Å². The van der Waals surface area contributed by atoms with Gasteiger partial charge in [0, 0.05) is 25.0 Å². The number of rotatable bonds is 1. The van der Waals surface area contributed by atoms with E-state index < -0.39 is 0 Å². The third-order valence-corrected chi connectivity index (χ3v) is 4.04. The van der Waals surface area contributed by atoms with Crippen LogP contribution in [0.5, 0.6) is 0 Å². The molecule has 98 valence electrons. The fourth-order valence-electron chi connectivity index (χ4n) is 2.82. The van der Waals surface area contributed by atoms with E-state index in [0.29, 0.717) is 16.5 Å². The molecular weight excluding hydrogens is 271 g/mol. The lowest BCUT2D eigenvalue weighted by atomic mass is 9.85. The lowest BCUT2D eigenvalue weighted by Crippen LogP contribution is -2.44. The van der Waals surface area contributed by atoms with Crippen LogP contribution >= 0.6 is 24.0 Å². The molecule has 18 heavy (non-hydrogen) atoms. The van der Waals surface area contributed by atoms with E-state index in [2.05, 4.69) is 23.6 Å². The van der Waals surface area contributed by atoms with E-state index in [9.17, 15) is 4.79 Å². The highest BCUT2D eigenvalue weighted by Gasteiger charge is 2.37. The van der Waals surface area contributed by atoms with Crippen LogP contribution in [0, 0.1) is 0 Å². The van der Waals surface area contributed by atoms with Crippen LogP contribution in [0.2, 0.25) is 5.02 Å². The van der Waals surface area contributed by atoms with E-state index in [-0.39, 0.29) is 24.4 Å². The van der Waals surface area contributed by atoms with Crippen molar-refractivity contribution in [2.24, 2.45) is 0 Å². The van der Waals surface area contributed by atoms with Crippen molar-refractivity contribution in [3.05, 3.63) is 33.8 Å². The summed E-state index contributed by atoms with van der Waals surface area (Å²) in [6, 6.07) is 4.27. The predicted molar refractivity (Wildman–Crippen MR) is 74.9 cm³/mol. The Labute approximate surface area is 118 Å². The fraction of sp³-hybridized carbons (Fsp3) is 0.462. The normalized spacial score (nSPS) is 24.9. The number of hydrogen-bond donors (Lipinski definition) is 2. The van der Waals surface area contributed by atoms with Crippen LogP contribution in [0.3, 0.4) is 0 Å². The van der Waals surface area contributed by atoms with Gasteiger partial charge in [0.15, 0.2) is 0 Å². The zero-order valence-corrected chi connectivity index (χ0v) is 11.7. The minimum atomic E-state index is -0.0300. The van der Waals surface area contributed by atoms with Crippen molar-refractivity contribution >= 4 is 29.9 Å². The van der Waals surface area contributed by atoms with Crippen molar-refractivity contribution in [3.8, 4) is 0 Å². The number of fused-ring (bicyclic) bond motifs is 3. The van der Waals surface area contributed by atoms with Crippen molar-refractivity contribution in [1.29, 1.82) is 0 Å². The summed E-state index contributed by atoms with van der Waals surface area (Å²) in [4.78, 5) is 12.0. The summed E-state index contributed by atoms with van der Waals surface area (Å²) in [6.45, 7) is 3.87. The molecule has 0 bridgehead atoms. The molecule has 2 aliphatic heterocycles. The van der Waals surface area contributed by atoms with Crippen molar-refractivity contribution in [3.63, 3.8) is 0 Å². The van der Waals surface area contributed by atoms with Gasteiger partial charge in [-0.15, -0.1) is 12.4 Å². The van der Waals surface area contributed by atoms with Crippen molar-refractivity contribution in [1.82, 2.24) is 10.6 Å². The molecule has 2 atom stereocenters. The summed E-state index contributed by atoms with van der Waals surface area (Å²) in [7, 11) is 0. The minimum absolute atomic E-state index is 0. The lowest BCUT2D eigenvalue weighted by Gasteiger charge is -2.29. The fourth-order valence-corrected chi connectivity index (χ4v) is 3.16. The Hall–Kier alpha value is -0.770. The Morgan fingerprint density at radius 1 is 1.39 bits per heavy atom. The Morgan fingerprint density at radius 2 is 2.17 bits per heavy atom. The molecule has 1 aromatic carbocycles. The van der Waals surface area contributed by atoms with Gasteiger partial charge >= 0.3 is 0 Å². The summed E-state index contributed by atoms with van der Waals surface area (Å²) < 4.78 is 0. The SMILES string of the molecule is CCc1cc(Cl)c2c(c1)[C@H]1CNC[C@@H]1NC2=O.Cl. The van der Waals surface area contributed by atoms with Gasteiger partial charge in [0.05, 0.1) is 10.6 Å². The Kier molecular flexibility index (Phi) is 3.85. The Balaban J connectivity index is 0.00000120. The quantitative estimate of drug-likeness (QED) is 0.830. The molecule has 0 radical (unpaired) electrons. The van der Waals surface area contributed by atoms with Crippen molar-refractivity contribution in [2.75, 3.05) is 13.1 Å². The summed E-state index contributed by atoms with van der Waals surface area (Å²) in [5.41, 5.74) is 3.00. The molecule has 0 aliphatic carbocycles. The van der Waals surface area contributed by atoms with Gasteiger partial charge in [-0.2, -0.15) is 0 Å². The lowest BCUT2D eigenvalue weighted by molar-refractivity contribution is 0.0924. The molecule has 1 fully saturated rings. The maximum Gasteiger partial charge on any atom is 0.253 e. The number of carbonyl (C=O) groups excluding carboxylic acids is 1. The topological polar surface area (TPSA) is 41.1 Å². The second-order valence-electron chi connectivity index (χ2n) is 4.74. The third-order valence-electron chi connectivity index (χ3n) is 3.75. The first-order valence-electron chi connectivity index (χ1n) is 6.04. The molecule has 1 aromatic rings. The highest BCUT2D eigenvalue weighted by Crippen LogP contribution is 2.35. The molecule has 1 amide bonds. The van der Waals surface area contributed by atoms with Crippen molar-refractivity contribution < 1.29 is 4.79 Å². The highest BCUT2D eigenvalue weighted by atomic mass is 35.5. The van der Waals surface area contributed by atoms with E-state index in [0.717, 1.165) is 25.1 Å². The second kappa shape index (κ2) is 5.08. The standard InChI is InChI=1S/C13H15ClN2O.ClH/c1-2-7-3-8-9-5-15-6-11(9)16-13(17)12(8)10(14)4-7;/h3-4,9,11,15H,2,5-6H2,1H3,(H,16,17);1H/t9-,11+;/m1./s1. The average molecular weight is 287 g/mol. The largest absolute Gasteiger partial charge is 0.347 e. The zero-order chi connectivity index (χ0) is 12.0. The molecule has 0 unspecified atom stereocenters. The highest BCUT2D eigenvalue weighted by molar-refractivity contribution is 6.34. The molecule has 0 aromatic heterocycles. The maximum atomic E-state index is 12.0. The third kappa shape index (κ3) is 2.00. The summed E-state index contributed by atoms with van der Waals surface area (Å²) in [5.74, 6) is 0.337.